The van der Waals surface area contributed by atoms with Gasteiger partial charge in [-0.25, -0.2) is 8.78 Å². The summed E-state index contributed by atoms with van der Waals surface area (Å²) >= 11 is 0. The van der Waals surface area contributed by atoms with Gasteiger partial charge in [-0.2, -0.15) is 0 Å². The van der Waals surface area contributed by atoms with Crippen LogP contribution < -0.4 is 11.3 Å². The number of hydrogen-bond donors (Lipinski definition) is 1. The molecule has 1 heterocycles. The molecule has 0 atom stereocenters. The van der Waals surface area contributed by atoms with E-state index in [1.807, 2.05) is 0 Å². The molecule has 0 amide bonds. The highest BCUT2D eigenvalue weighted by molar-refractivity contribution is 5.85. The van der Waals surface area contributed by atoms with Crippen molar-refractivity contribution in [2.45, 2.75) is 13.0 Å². The van der Waals surface area contributed by atoms with Gasteiger partial charge in [0.2, 0.25) is 0 Å². The van der Waals surface area contributed by atoms with Gasteiger partial charge in [-0.05, 0) is 6.07 Å². The molecule has 3 nitrogen and oxygen atoms in total. The number of nitrogens with zero attached hydrogens (tertiary/aromatic N) is 1. The summed E-state index contributed by atoms with van der Waals surface area (Å²) in [7, 11) is 0. The zero-order valence-corrected chi connectivity index (χ0v) is 7.43. The minimum atomic E-state index is -2.54. The largest absolute Gasteiger partial charge is 0.398 e. The second-order valence-electron chi connectivity index (χ2n) is 2.34. The van der Waals surface area contributed by atoms with Crippen molar-refractivity contribution in [3.63, 3.8) is 0 Å². The normalized spacial score (nSPS) is 9.77. The Morgan fingerprint density at radius 1 is 1.46 bits per heavy atom. The Morgan fingerprint density at radius 3 is 2.62 bits per heavy atom. The molecule has 0 spiro atoms. The third-order valence-electron chi connectivity index (χ3n) is 1.34. The maximum Gasteiger partial charge on any atom is 0.256 e. The van der Waals surface area contributed by atoms with Crippen LogP contribution in [0.4, 0.5) is 14.5 Å². The minimum Gasteiger partial charge on any atom is -0.398 e. The van der Waals surface area contributed by atoms with Gasteiger partial charge >= 0.3 is 0 Å². The Labute approximate surface area is 79.6 Å². The lowest BCUT2D eigenvalue weighted by Gasteiger charge is -2.04. The maximum absolute atomic E-state index is 11.8. The molecule has 1 aromatic heterocycles. The van der Waals surface area contributed by atoms with Gasteiger partial charge in [-0.3, -0.25) is 4.79 Å². The first kappa shape index (κ1) is 11.9. The van der Waals surface area contributed by atoms with Crippen LogP contribution in [0.15, 0.2) is 23.1 Å². The summed E-state index contributed by atoms with van der Waals surface area (Å²) in [6, 6.07) is 2.54. The van der Waals surface area contributed by atoms with Crippen molar-refractivity contribution in [3.8, 4) is 0 Å². The van der Waals surface area contributed by atoms with E-state index in [2.05, 4.69) is 0 Å². The molecule has 0 saturated heterocycles. The summed E-state index contributed by atoms with van der Waals surface area (Å²) in [6.07, 6.45) is -1.33. The number of nitrogen functional groups attached to an aromatic ring is 1. The molecule has 0 fully saturated rings. The summed E-state index contributed by atoms with van der Waals surface area (Å²) < 4.78 is 24.6. The highest BCUT2D eigenvalue weighted by Gasteiger charge is 2.04. The molecule has 0 radical (unpaired) electrons. The molecule has 1 rings (SSSR count). The van der Waals surface area contributed by atoms with Crippen LogP contribution in [0.1, 0.15) is 0 Å². The summed E-state index contributed by atoms with van der Waals surface area (Å²) in [5, 5.41) is 0. The van der Waals surface area contributed by atoms with E-state index in [9.17, 15) is 13.6 Å². The smallest absolute Gasteiger partial charge is 0.256 e. The fraction of sp³-hybridized carbons (Fsp3) is 0.286. The topological polar surface area (TPSA) is 48.0 Å². The second-order valence-corrected chi connectivity index (χ2v) is 2.34. The molecule has 13 heavy (non-hydrogen) atoms. The van der Waals surface area contributed by atoms with Crippen molar-refractivity contribution in [1.29, 1.82) is 0 Å². The Bertz CT molecular complexity index is 327. The van der Waals surface area contributed by atoms with Crippen LogP contribution in [0.25, 0.3) is 0 Å². The fourth-order valence-corrected chi connectivity index (χ4v) is 0.841. The zero-order chi connectivity index (χ0) is 9.14. The first-order valence-electron chi connectivity index (χ1n) is 3.33. The summed E-state index contributed by atoms with van der Waals surface area (Å²) in [6.45, 7) is -0.607. The van der Waals surface area contributed by atoms with Crippen LogP contribution in [0.3, 0.4) is 0 Å². The summed E-state index contributed by atoms with van der Waals surface area (Å²) in [4.78, 5) is 10.9. The van der Waals surface area contributed by atoms with E-state index in [1.54, 1.807) is 0 Å². The monoisotopic (exact) mass is 210 g/mol. The number of nitrogens with two attached hydrogens (primary N) is 1. The number of alkyl halides is 2. The van der Waals surface area contributed by atoms with E-state index in [0.717, 1.165) is 10.6 Å². The van der Waals surface area contributed by atoms with Gasteiger partial charge < -0.3 is 10.3 Å². The van der Waals surface area contributed by atoms with Crippen LogP contribution in [0.5, 0.6) is 0 Å². The van der Waals surface area contributed by atoms with E-state index in [-0.39, 0.29) is 12.4 Å². The average Bonchev–Trinajstić information content (AvgIpc) is 1.96. The second kappa shape index (κ2) is 4.81. The van der Waals surface area contributed by atoms with Crippen LogP contribution in [0, 0.1) is 0 Å². The van der Waals surface area contributed by atoms with E-state index in [0.29, 0.717) is 5.69 Å². The van der Waals surface area contributed by atoms with Gasteiger partial charge in [-0.15, -0.1) is 12.4 Å². The van der Waals surface area contributed by atoms with E-state index < -0.39 is 18.5 Å². The number of hydrogen-bond acceptors (Lipinski definition) is 2. The molecule has 0 aliphatic carbocycles. The predicted octanol–water partition coefficient (Wildman–Crippen LogP) is 1.12. The molecular weight excluding hydrogens is 202 g/mol. The van der Waals surface area contributed by atoms with Crippen LogP contribution in [0.2, 0.25) is 0 Å². The van der Waals surface area contributed by atoms with Gasteiger partial charge in [0, 0.05) is 18.0 Å². The predicted molar refractivity (Wildman–Crippen MR) is 48.4 cm³/mol. The van der Waals surface area contributed by atoms with Crippen LogP contribution >= 0.6 is 12.4 Å². The molecule has 0 saturated carbocycles. The van der Waals surface area contributed by atoms with E-state index >= 15 is 0 Å². The molecule has 0 aliphatic rings. The first-order chi connectivity index (χ1) is 5.59. The van der Waals surface area contributed by atoms with Gasteiger partial charge in [0.15, 0.2) is 0 Å². The molecule has 6 heteroatoms. The molecule has 1 aromatic rings. The van der Waals surface area contributed by atoms with Gasteiger partial charge in [-0.1, -0.05) is 0 Å². The highest BCUT2D eigenvalue weighted by Crippen LogP contribution is 1.99. The van der Waals surface area contributed by atoms with E-state index in [4.69, 9.17) is 5.73 Å². The van der Waals surface area contributed by atoms with Crippen molar-refractivity contribution in [2.75, 3.05) is 5.73 Å². The minimum absolute atomic E-state index is 0. The Hall–Kier alpha value is -1.10. The highest BCUT2D eigenvalue weighted by atomic mass is 35.5. The van der Waals surface area contributed by atoms with Crippen molar-refractivity contribution < 1.29 is 8.78 Å². The average molecular weight is 211 g/mol. The molecule has 0 aliphatic heterocycles. The lowest BCUT2D eigenvalue weighted by molar-refractivity contribution is 0.125. The van der Waals surface area contributed by atoms with Crippen LogP contribution in [-0.2, 0) is 6.54 Å². The Morgan fingerprint density at radius 2 is 2.08 bits per heavy atom. The molecule has 2 N–H and O–H groups in total. The molecule has 0 bridgehead atoms. The lowest BCUT2D eigenvalue weighted by atomic mass is 10.4. The van der Waals surface area contributed by atoms with Gasteiger partial charge in [0.05, 0.1) is 6.54 Å². The summed E-state index contributed by atoms with van der Waals surface area (Å²) in [5.41, 5.74) is 5.13. The third kappa shape index (κ3) is 3.42. The fourth-order valence-electron chi connectivity index (χ4n) is 0.841. The first-order valence-corrected chi connectivity index (χ1v) is 3.33. The van der Waals surface area contributed by atoms with Gasteiger partial charge in [0.1, 0.15) is 0 Å². The van der Waals surface area contributed by atoms with Crippen molar-refractivity contribution in [3.05, 3.63) is 28.7 Å². The standard InChI is InChI=1S/C7H8F2N2O.ClH/c8-6(9)4-11-3-5(10)1-2-7(11)12;/h1-3,6H,4,10H2;1H. The number of anilines is 1. The van der Waals surface area contributed by atoms with Gasteiger partial charge in [0.25, 0.3) is 12.0 Å². The lowest BCUT2D eigenvalue weighted by Crippen LogP contribution is -2.22. The number of aromatic nitrogens is 1. The molecule has 74 valence electrons. The van der Waals surface area contributed by atoms with Crippen molar-refractivity contribution in [1.82, 2.24) is 4.57 Å². The maximum atomic E-state index is 11.8. The number of rotatable bonds is 2. The van der Waals surface area contributed by atoms with E-state index in [1.165, 1.54) is 12.3 Å². The Kier molecular flexibility index (Phi) is 4.40. The van der Waals surface area contributed by atoms with Crippen molar-refractivity contribution in [2.24, 2.45) is 0 Å². The molecule has 0 unspecified atom stereocenters. The molecule has 0 aromatic carbocycles. The van der Waals surface area contributed by atoms with Crippen LogP contribution in [-0.4, -0.2) is 11.0 Å². The Balaban J connectivity index is 0.00000144. The summed E-state index contributed by atoms with van der Waals surface area (Å²) in [5.74, 6) is 0. The molecular formula is C7H9ClF2N2O. The quantitative estimate of drug-likeness (QED) is 0.795. The third-order valence-corrected chi connectivity index (χ3v) is 1.34. The number of pyridine rings is 1. The van der Waals surface area contributed by atoms with Crippen molar-refractivity contribution >= 4 is 18.1 Å². The zero-order valence-electron chi connectivity index (χ0n) is 6.61. The SMILES string of the molecule is Cl.Nc1ccc(=O)n(CC(F)F)c1. The number of halogens is 3.